The predicted octanol–water partition coefficient (Wildman–Crippen LogP) is 1.63. The van der Waals surface area contributed by atoms with Gasteiger partial charge in [0.2, 0.25) is 0 Å². The number of hydrogen-bond acceptors (Lipinski definition) is 4. The summed E-state index contributed by atoms with van der Waals surface area (Å²) in [6, 6.07) is 2.65. The standard InChI is InChI=1S/C11H17N3S/c1-7-4-10(15-13-7)14-5-8-2-3-9(6-14)11(8)12/h4,8-9,11H,2-3,5-6,12H2,1H3/t8-,9+,11+. The molecule has 0 unspecified atom stereocenters. The van der Waals surface area contributed by atoms with E-state index in [0.717, 1.165) is 18.8 Å². The van der Waals surface area contributed by atoms with Crippen LogP contribution in [0.25, 0.3) is 0 Å². The number of aromatic nitrogens is 1. The van der Waals surface area contributed by atoms with E-state index in [1.807, 2.05) is 0 Å². The van der Waals surface area contributed by atoms with E-state index < -0.39 is 0 Å². The van der Waals surface area contributed by atoms with Crippen molar-refractivity contribution in [2.24, 2.45) is 17.6 Å². The van der Waals surface area contributed by atoms with E-state index in [2.05, 4.69) is 22.3 Å². The van der Waals surface area contributed by atoms with E-state index >= 15 is 0 Å². The first-order valence-corrected chi connectivity index (χ1v) is 6.45. The zero-order valence-corrected chi connectivity index (χ0v) is 9.83. The van der Waals surface area contributed by atoms with Crippen molar-refractivity contribution in [2.75, 3.05) is 18.0 Å². The minimum absolute atomic E-state index is 0.454. The lowest BCUT2D eigenvalue weighted by Gasteiger charge is -2.36. The smallest absolute Gasteiger partial charge is 0.112 e. The molecule has 2 heterocycles. The average molecular weight is 223 g/mol. The van der Waals surface area contributed by atoms with E-state index in [4.69, 9.17) is 5.73 Å². The van der Waals surface area contributed by atoms with Gasteiger partial charge in [-0.05, 0) is 49.2 Å². The molecule has 3 rings (SSSR count). The summed E-state index contributed by atoms with van der Waals surface area (Å²) >= 11 is 1.62. The average Bonchev–Trinajstić information content (AvgIpc) is 2.70. The van der Waals surface area contributed by atoms with Crippen LogP contribution < -0.4 is 10.6 Å². The number of nitrogens with zero attached hydrogens (tertiary/aromatic N) is 2. The summed E-state index contributed by atoms with van der Waals surface area (Å²) in [7, 11) is 0. The number of aryl methyl sites for hydroxylation is 1. The van der Waals surface area contributed by atoms with Gasteiger partial charge in [-0.25, -0.2) is 0 Å². The zero-order chi connectivity index (χ0) is 10.4. The fraction of sp³-hybridized carbons (Fsp3) is 0.727. The van der Waals surface area contributed by atoms with Crippen LogP contribution >= 0.6 is 11.5 Å². The molecule has 3 nitrogen and oxygen atoms in total. The molecule has 0 amide bonds. The van der Waals surface area contributed by atoms with Crippen LogP contribution in [0, 0.1) is 18.8 Å². The molecule has 1 aromatic heterocycles. The Morgan fingerprint density at radius 1 is 1.40 bits per heavy atom. The van der Waals surface area contributed by atoms with Crippen LogP contribution in [0.5, 0.6) is 0 Å². The zero-order valence-electron chi connectivity index (χ0n) is 9.02. The Bertz CT molecular complexity index is 348. The second-order valence-electron chi connectivity index (χ2n) is 4.89. The van der Waals surface area contributed by atoms with Crippen LogP contribution in [0.1, 0.15) is 18.5 Å². The first-order valence-electron chi connectivity index (χ1n) is 5.68. The fourth-order valence-corrected chi connectivity index (χ4v) is 3.72. The number of anilines is 1. The van der Waals surface area contributed by atoms with E-state index in [1.165, 1.54) is 17.8 Å². The highest BCUT2D eigenvalue weighted by atomic mass is 32.1. The summed E-state index contributed by atoms with van der Waals surface area (Å²) in [6.07, 6.45) is 2.64. The Hall–Kier alpha value is -0.610. The van der Waals surface area contributed by atoms with Crippen molar-refractivity contribution in [3.05, 3.63) is 11.8 Å². The van der Waals surface area contributed by atoms with Gasteiger partial charge in [-0.2, -0.15) is 4.37 Å². The van der Waals surface area contributed by atoms with Crippen LogP contribution in [0.4, 0.5) is 5.00 Å². The van der Waals surface area contributed by atoms with Crippen LogP contribution in [0.15, 0.2) is 6.07 Å². The number of rotatable bonds is 1. The van der Waals surface area contributed by atoms with Gasteiger partial charge >= 0.3 is 0 Å². The van der Waals surface area contributed by atoms with Crippen molar-refractivity contribution >= 4 is 16.5 Å². The molecular weight excluding hydrogens is 206 g/mol. The molecule has 1 aromatic rings. The predicted molar refractivity (Wildman–Crippen MR) is 63.3 cm³/mol. The van der Waals surface area contributed by atoms with Crippen LogP contribution in [-0.2, 0) is 0 Å². The summed E-state index contributed by atoms with van der Waals surface area (Å²) in [5.74, 6) is 1.43. The Balaban J connectivity index is 1.80. The maximum Gasteiger partial charge on any atom is 0.112 e. The van der Waals surface area contributed by atoms with Gasteiger partial charge in [0, 0.05) is 19.1 Å². The maximum atomic E-state index is 6.19. The number of fused-ring (bicyclic) bond motifs is 2. The Kier molecular flexibility index (Phi) is 2.21. The lowest BCUT2D eigenvalue weighted by molar-refractivity contribution is 0.357. The third-order valence-electron chi connectivity index (χ3n) is 3.83. The van der Waals surface area contributed by atoms with Crippen LogP contribution in [0.2, 0.25) is 0 Å². The summed E-state index contributed by atoms with van der Waals surface area (Å²) in [4.78, 5) is 2.48. The van der Waals surface area contributed by atoms with Crippen molar-refractivity contribution in [3.8, 4) is 0 Å². The molecular formula is C11H17N3S. The number of piperidine rings is 1. The van der Waals surface area contributed by atoms with E-state index in [9.17, 15) is 0 Å². The van der Waals surface area contributed by atoms with Gasteiger partial charge in [-0.15, -0.1) is 0 Å². The quantitative estimate of drug-likeness (QED) is 0.786. The molecule has 0 aromatic carbocycles. The topological polar surface area (TPSA) is 42.1 Å². The van der Waals surface area contributed by atoms with Gasteiger partial charge in [0.15, 0.2) is 0 Å². The Morgan fingerprint density at radius 3 is 2.60 bits per heavy atom. The molecule has 1 aliphatic heterocycles. The van der Waals surface area contributed by atoms with Gasteiger partial charge in [-0.3, -0.25) is 0 Å². The first kappa shape index (κ1) is 9.60. The lowest BCUT2D eigenvalue weighted by atomic mass is 9.93. The van der Waals surface area contributed by atoms with Gasteiger partial charge in [0.1, 0.15) is 5.00 Å². The molecule has 82 valence electrons. The van der Waals surface area contributed by atoms with Crippen LogP contribution in [-0.4, -0.2) is 23.5 Å². The molecule has 2 bridgehead atoms. The highest BCUT2D eigenvalue weighted by Crippen LogP contribution is 2.38. The second kappa shape index (κ2) is 3.46. The third kappa shape index (κ3) is 1.56. The van der Waals surface area contributed by atoms with Crippen molar-refractivity contribution in [1.82, 2.24) is 4.37 Å². The van der Waals surface area contributed by atoms with Crippen molar-refractivity contribution in [1.29, 1.82) is 0 Å². The van der Waals surface area contributed by atoms with Gasteiger partial charge in [0.25, 0.3) is 0 Å². The molecule has 4 heteroatoms. The van der Waals surface area contributed by atoms with Crippen molar-refractivity contribution < 1.29 is 0 Å². The number of nitrogens with two attached hydrogens (primary N) is 1. The van der Waals surface area contributed by atoms with Crippen LogP contribution in [0.3, 0.4) is 0 Å². The molecule has 2 N–H and O–H groups in total. The summed E-state index contributed by atoms with van der Waals surface area (Å²) in [5.41, 5.74) is 7.33. The summed E-state index contributed by atoms with van der Waals surface area (Å²) in [6.45, 7) is 4.34. The van der Waals surface area contributed by atoms with E-state index in [-0.39, 0.29) is 0 Å². The minimum Gasteiger partial charge on any atom is -0.362 e. The molecule has 0 spiro atoms. The lowest BCUT2D eigenvalue weighted by Crippen LogP contribution is -2.48. The highest BCUT2D eigenvalue weighted by molar-refractivity contribution is 7.10. The first-order chi connectivity index (χ1) is 7.24. The van der Waals surface area contributed by atoms with E-state index in [1.54, 1.807) is 11.5 Å². The fourth-order valence-electron chi connectivity index (χ4n) is 2.94. The maximum absolute atomic E-state index is 6.19. The van der Waals surface area contributed by atoms with E-state index in [0.29, 0.717) is 17.9 Å². The summed E-state index contributed by atoms with van der Waals surface area (Å²) in [5, 5.41) is 1.33. The van der Waals surface area contributed by atoms with Gasteiger partial charge in [0.05, 0.1) is 5.69 Å². The largest absolute Gasteiger partial charge is 0.362 e. The van der Waals surface area contributed by atoms with Crippen molar-refractivity contribution in [2.45, 2.75) is 25.8 Å². The molecule has 1 saturated carbocycles. The highest BCUT2D eigenvalue weighted by Gasteiger charge is 2.40. The second-order valence-corrected chi connectivity index (χ2v) is 5.67. The molecule has 1 saturated heterocycles. The molecule has 2 fully saturated rings. The third-order valence-corrected chi connectivity index (χ3v) is 4.78. The Morgan fingerprint density at radius 2 is 2.07 bits per heavy atom. The molecule has 3 atom stereocenters. The minimum atomic E-state index is 0.454. The van der Waals surface area contributed by atoms with Gasteiger partial charge in [-0.1, -0.05) is 0 Å². The molecule has 2 aliphatic rings. The van der Waals surface area contributed by atoms with Gasteiger partial charge < -0.3 is 10.6 Å². The monoisotopic (exact) mass is 223 g/mol. The molecule has 0 radical (unpaired) electrons. The SMILES string of the molecule is Cc1cc(N2C[C@H]3CC[C@@H](C2)[C@H]3N)sn1. The number of hydrogen-bond donors (Lipinski definition) is 1. The Labute approximate surface area is 94.4 Å². The van der Waals surface area contributed by atoms with Crippen molar-refractivity contribution in [3.63, 3.8) is 0 Å². The summed E-state index contributed by atoms with van der Waals surface area (Å²) < 4.78 is 4.35. The molecule has 15 heavy (non-hydrogen) atoms. The molecule has 1 aliphatic carbocycles. The normalized spacial score (nSPS) is 34.8.